The second kappa shape index (κ2) is 5.51. The predicted molar refractivity (Wildman–Crippen MR) is 69.5 cm³/mol. The summed E-state index contributed by atoms with van der Waals surface area (Å²) in [5, 5.41) is 4.53. The molecule has 1 aliphatic heterocycles. The van der Waals surface area contributed by atoms with Gasteiger partial charge in [0.05, 0.1) is 6.42 Å². The molecule has 2 N–H and O–H groups in total. The van der Waals surface area contributed by atoms with Crippen LogP contribution < -0.4 is 15.5 Å². The lowest BCUT2D eigenvalue weighted by Gasteiger charge is -2.22. The normalized spacial score (nSPS) is 17.8. The molecule has 1 atom stereocenters. The van der Waals surface area contributed by atoms with E-state index in [4.69, 9.17) is 0 Å². The average Bonchev–Trinajstić information content (AvgIpc) is 2.70. The number of imide groups is 1. The molecule has 0 spiro atoms. The van der Waals surface area contributed by atoms with Gasteiger partial charge >= 0.3 is 6.03 Å². The largest absolute Gasteiger partial charge is 0.325 e. The van der Waals surface area contributed by atoms with Crippen molar-refractivity contribution >= 4 is 23.5 Å². The number of benzene rings is 1. The van der Waals surface area contributed by atoms with Gasteiger partial charge in [0.25, 0.3) is 5.91 Å². The minimum Gasteiger partial charge on any atom is -0.325 e. The van der Waals surface area contributed by atoms with E-state index in [2.05, 4.69) is 10.6 Å². The lowest BCUT2D eigenvalue weighted by molar-refractivity contribution is -0.125. The van der Waals surface area contributed by atoms with Crippen LogP contribution >= 0.6 is 0 Å². The maximum Gasteiger partial charge on any atom is 0.322 e. The second-order valence-corrected chi connectivity index (χ2v) is 4.19. The summed E-state index contributed by atoms with van der Waals surface area (Å²) >= 11 is 0. The van der Waals surface area contributed by atoms with Crippen LogP contribution in [0.15, 0.2) is 30.3 Å². The number of nitrogens with one attached hydrogen (secondary N) is 2. The summed E-state index contributed by atoms with van der Waals surface area (Å²) in [6, 6.07) is 7.88. The summed E-state index contributed by atoms with van der Waals surface area (Å²) in [5.41, 5.74) is 0.778. The molecule has 0 bridgehead atoms. The van der Waals surface area contributed by atoms with E-state index in [0.717, 1.165) is 5.69 Å². The molecule has 19 heavy (non-hydrogen) atoms. The molecule has 1 aromatic carbocycles. The van der Waals surface area contributed by atoms with Crippen molar-refractivity contribution in [2.45, 2.75) is 19.4 Å². The number of urea groups is 1. The van der Waals surface area contributed by atoms with Gasteiger partial charge in [-0.05, 0) is 19.1 Å². The van der Waals surface area contributed by atoms with Crippen LogP contribution in [0.4, 0.5) is 10.5 Å². The van der Waals surface area contributed by atoms with Gasteiger partial charge in [-0.25, -0.2) is 4.79 Å². The zero-order valence-electron chi connectivity index (χ0n) is 10.6. The first-order chi connectivity index (χ1) is 9.11. The first kappa shape index (κ1) is 13.1. The van der Waals surface area contributed by atoms with E-state index in [1.165, 1.54) is 0 Å². The quantitative estimate of drug-likeness (QED) is 0.781. The van der Waals surface area contributed by atoms with Crippen LogP contribution in [0.3, 0.4) is 0 Å². The lowest BCUT2D eigenvalue weighted by atomic mass is 10.1. The molecule has 0 aromatic heterocycles. The van der Waals surface area contributed by atoms with E-state index in [-0.39, 0.29) is 12.3 Å². The number of amides is 4. The Hall–Kier alpha value is -2.37. The Kier molecular flexibility index (Phi) is 3.79. The van der Waals surface area contributed by atoms with Crippen molar-refractivity contribution in [2.75, 3.05) is 11.4 Å². The summed E-state index contributed by atoms with van der Waals surface area (Å²) in [4.78, 5) is 36.1. The highest BCUT2D eigenvalue weighted by Crippen LogP contribution is 2.15. The fourth-order valence-electron chi connectivity index (χ4n) is 2.00. The van der Waals surface area contributed by atoms with Crippen molar-refractivity contribution in [3.05, 3.63) is 30.3 Å². The topological polar surface area (TPSA) is 78.5 Å². The molecule has 4 amide bonds. The number of anilines is 1. The summed E-state index contributed by atoms with van der Waals surface area (Å²) in [6.45, 7) is 2.36. The number of carbonyl (C=O) groups is 3. The molecule has 0 radical (unpaired) electrons. The van der Waals surface area contributed by atoms with Crippen LogP contribution in [-0.2, 0) is 9.59 Å². The Balaban J connectivity index is 2.06. The Labute approximate surface area is 110 Å². The number of hydrogen-bond donors (Lipinski definition) is 2. The van der Waals surface area contributed by atoms with Crippen molar-refractivity contribution in [2.24, 2.45) is 0 Å². The van der Waals surface area contributed by atoms with Crippen LogP contribution in [-0.4, -0.2) is 30.4 Å². The van der Waals surface area contributed by atoms with Gasteiger partial charge in [0.15, 0.2) is 0 Å². The van der Waals surface area contributed by atoms with Crippen molar-refractivity contribution in [3.63, 3.8) is 0 Å². The molecule has 1 unspecified atom stereocenters. The van der Waals surface area contributed by atoms with E-state index < -0.39 is 18.0 Å². The Bertz CT molecular complexity index is 501. The molecule has 1 heterocycles. The molecule has 6 nitrogen and oxygen atoms in total. The molecule has 1 aliphatic rings. The summed E-state index contributed by atoms with van der Waals surface area (Å²) in [7, 11) is 0. The molecule has 6 heteroatoms. The van der Waals surface area contributed by atoms with E-state index >= 15 is 0 Å². The third kappa shape index (κ3) is 2.90. The fourth-order valence-corrected chi connectivity index (χ4v) is 2.00. The third-order valence-electron chi connectivity index (χ3n) is 2.92. The SMILES string of the molecule is CCN(C(=O)CC1NC(=O)NC1=O)c1ccccc1. The number of rotatable bonds is 4. The van der Waals surface area contributed by atoms with E-state index in [9.17, 15) is 14.4 Å². The van der Waals surface area contributed by atoms with Crippen LogP contribution in [0.25, 0.3) is 0 Å². The first-order valence-corrected chi connectivity index (χ1v) is 6.08. The Morgan fingerprint density at radius 3 is 2.47 bits per heavy atom. The van der Waals surface area contributed by atoms with E-state index in [1.54, 1.807) is 4.90 Å². The van der Waals surface area contributed by atoms with Crippen LogP contribution in [0, 0.1) is 0 Å². The molecule has 1 aromatic rings. The summed E-state index contributed by atoms with van der Waals surface area (Å²) in [5.74, 6) is -0.654. The first-order valence-electron chi connectivity index (χ1n) is 6.08. The predicted octanol–water partition coefficient (Wildman–Crippen LogP) is 0.638. The summed E-state index contributed by atoms with van der Waals surface area (Å²) < 4.78 is 0. The fraction of sp³-hybridized carbons (Fsp3) is 0.308. The average molecular weight is 261 g/mol. The molecule has 0 saturated carbocycles. The van der Waals surface area contributed by atoms with Crippen LogP contribution in [0.5, 0.6) is 0 Å². The van der Waals surface area contributed by atoms with Gasteiger partial charge in [0.1, 0.15) is 6.04 Å². The second-order valence-electron chi connectivity index (χ2n) is 4.19. The minimum atomic E-state index is -0.780. The number of para-hydroxylation sites is 1. The van der Waals surface area contributed by atoms with Crippen molar-refractivity contribution in [1.29, 1.82) is 0 Å². The molecule has 2 rings (SSSR count). The monoisotopic (exact) mass is 261 g/mol. The minimum absolute atomic E-state index is 0.0414. The maximum atomic E-state index is 12.2. The van der Waals surface area contributed by atoms with Gasteiger partial charge < -0.3 is 10.2 Å². The van der Waals surface area contributed by atoms with Gasteiger partial charge in [0.2, 0.25) is 5.91 Å². The third-order valence-corrected chi connectivity index (χ3v) is 2.92. The van der Waals surface area contributed by atoms with Gasteiger partial charge in [-0.15, -0.1) is 0 Å². The Morgan fingerprint density at radius 2 is 1.95 bits per heavy atom. The van der Waals surface area contributed by atoms with Crippen LogP contribution in [0.2, 0.25) is 0 Å². The highest BCUT2D eigenvalue weighted by molar-refractivity contribution is 6.07. The molecular weight excluding hydrogens is 246 g/mol. The molecule has 0 aliphatic carbocycles. The van der Waals surface area contributed by atoms with E-state index in [0.29, 0.717) is 6.54 Å². The highest BCUT2D eigenvalue weighted by Gasteiger charge is 2.32. The summed E-state index contributed by atoms with van der Waals surface area (Å²) in [6.07, 6.45) is -0.0414. The van der Waals surface area contributed by atoms with Gasteiger partial charge in [-0.2, -0.15) is 0 Å². The van der Waals surface area contributed by atoms with Gasteiger partial charge in [0, 0.05) is 12.2 Å². The number of hydrogen-bond acceptors (Lipinski definition) is 3. The van der Waals surface area contributed by atoms with Gasteiger partial charge in [-0.3, -0.25) is 14.9 Å². The number of nitrogens with zero attached hydrogens (tertiary/aromatic N) is 1. The van der Waals surface area contributed by atoms with Crippen molar-refractivity contribution < 1.29 is 14.4 Å². The van der Waals surface area contributed by atoms with Crippen molar-refractivity contribution in [3.8, 4) is 0 Å². The number of carbonyl (C=O) groups excluding carboxylic acids is 3. The van der Waals surface area contributed by atoms with E-state index in [1.807, 2.05) is 37.3 Å². The molecule has 1 saturated heterocycles. The smallest absolute Gasteiger partial charge is 0.322 e. The Morgan fingerprint density at radius 1 is 1.26 bits per heavy atom. The molecular formula is C13H15N3O3. The maximum absolute atomic E-state index is 12.2. The highest BCUT2D eigenvalue weighted by atomic mass is 16.2. The lowest BCUT2D eigenvalue weighted by Crippen LogP contribution is -2.38. The zero-order chi connectivity index (χ0) is 13.8. The van der Waals surface area contributed by atoms with Crippen LogP contribution in [0.1, 0.15) is 13.3 Å². The standard InChI is InChI=1S/C13H15N3O3/c1-2-16(9-6-4-3-5-7-9)11(17)8-10-12(18)15-13(19)14-10/h3-7,10H,2,8H2,1H3,(H2,14,15,18,19). The molecule has 100 valence electrons. The van der Waals surface area contributed by atoms with Gasteiger partial charge in [-0.1, -0.05) is 18.2 Å². The zero-order valence-corrected chi connectivity index (χ0v) is 10.6. The molecule has 1 fully saturated rings. The van der Waals surface area contributed by atoms with Crippen molar-refractivity contribution in [1.82, 2.24) is 10.6 Å².